The number of rotatable bonds is 6. The lowest BCUT2D eigenvalue weighted by molar-refractivity contribution is -0.384. The van der Waals surface area contributed by atoms with Crippen molar-refractivity contribution in [3.8, 4) is 0 Å². The molecular weight excluding hydrogens is 440 g/mol. The molecule has 2 aromatic carbocycles. The molecule has 2 aliphatic carbocycles. The minimum absolute atomic E-state index is 0.0202. The highest BCUT2D eigenvalue weighted by atomic mass is 16.6. The fourth-order valence-electron chi connectivity index (χ4n) is 4.78. The van der Waals surface area contributed by atoms with Crippen LogP contribution in [0.2, 0.25) is 0 Å². The van der Waals surface area contributed by atoms with Crippen LogP contribution < -0.4 is 15.5 Å². The second kappa shape index (κ2) is 8.44. The highest BCUT2D eigenvalue weighted by molar-refractivity contribution is 6.15. The molecule has 34 heavy (non-hydrogen) atoms. The fraction of sp³-hybridized carbons (Fsp3) is 0.375. The zero-order chi connectivity index (χ0) is 23.9. The summed E-state index contributed by atoms with van der Waals surface area (Å²) in [7, 11) is 0. The molecule has 176 valence electrons. The molecule has 2 saturated carbocycles. The number of benzene rings is 2. The molecule has 0 bridgehead atoms. The summed E-state index contributed by atoms with van der Waals surface area (Å²) < 4.78 is 5.26. The van der Waals surface area contributed by atoms with E-state index in [2.05, 4.69) is 10.6 Å². The molecule has 3 aliphatic rings. The Bertz CT molecular complexity index is 1190. The first kappa shape index (κ1) is 21.9. The number of carbonyl (C=O) groups is 3. The molecule has 5 rings (SSSR count). The number of fused-ring (bicyclic) bond motifs is 1. The molecule has 10 nitrogen and oxygen atoms in total. The number of hydrogen-bond acceptors (Lipinski definition) is 7. The third-order valence-electron chi connectivity index (χ3n) is 6.62. The van der Waals surface area contributed by atoms with Crippen LogP contribution in [0, 0.1) is 10.1 Å². The minimum Gasteiger partial charge on any atom is -0.452 e. The Labute approximate surface area is 195 Å². The maximum Gasteiger partial charge on any atom is 0.338 e. The maximum atomic E-state index is 13.3. The minimum atomic E-state index is -1.01. The Hall–Kier alpha value is -3.95. The van der Waals surface area contributed by atoms with E-state index < -0.39 is 28.9 Å². The predicted molar refractivity (Wildman–Crippen MR) is 124 cm³/mol. The number of nitrogens with zero attached hydrogens (tertiary/aromatic N) is 2. The molecule has 10 heteroatoms. The van der Waals surface area contributed by atoms with Crippen molar-refractivity contribution in [1.29, 1.82) is 0 Å². The number of carbonyl (C=O) groups excluding carboxylic acids is 3. The summed E-state index contributed by atoms with van der Waals surface area (Å²) in [6.07, 6.45) is 4.56. The van der Waals surface area contributed by atoms with E-state index in [0.717, 1.165) is 31.7 Å². The number of hydrogen-bond donors (Lipinski definition) is 2. The normalized spacial score (nSPS) is 18.2. The number of para-hydroxylation sites is 2. The van der Waals surface area contributed by atoms with Gasteiger partial charge in [0.2, 0.25) is 0 Å². The summed E-state index contributed by atoms with van der Waals surface area (Å²) in [4.78, 5) is 51.3. The van der Waals surface area contributed by atoms with Crippen LogP contribution in [0.5, 0.6) is 0 Å². The van der Waals surface area contributed by atoms with Crippen LogP contribution in [0.3, 0.4) is 0 Å². The van der Waals surface area contributed by atoms with E-state index in [1.807, 2.05) is 0 Å². The zero-order valence-electron chi connectivity index (χ0n) is 18.4. The average molecular weight is 464 g/mol. The van der Waals surface area contributed by atoms with E-state index in [4.69, 9.17) is 4.74 Å². The molecule has 2 amide bonds. The monoisotopic (exact) mass is 464 g/mol. The van der Waals surface area contributed by atoms with E-state index in [1.165, 1.54) is 17.0 Å². The number of nitro groups is 1. The summed E-state index contributed by atoms with van der Waals surface area (Å²) in [5, 5.41) is 17.4. The highest BCUT2D eigenvalue weighted by Crippen LogP contribution is 2.45. The summed E-state index contributed by atoms with van der Waals surface area (Å²) in [5.74, 6) is -1.60. The van der Waals surface area contributed by atoms with Crippen molar-refractivity contribution in [2.45, 2.75) is 50.1 Å². The van der Waals surface area contributed by atoms with Gasteiger partial charge in [0.15, 0.2) is 6.61 Å². The average Bonchev–Trinajstić information content (AvgIpc) is 3.51. The molecule has 2 N–H and O–H groups in total. The molecular formula is C24H24N4O6. The molecule has 1 aliphatic heterocycles. The molecule has 2 aromatic rings. The van der Waals surface area contributed by atoms with Crippen LogP contribution in [0.4, 0.5) is 22.7 Å². The van der Waals surface area contributed by atoms with Crippen LogP contribution in [0.1, 0.15) is 48.9 Å². The van der Waals surface area contributed by atoms with Gasteiger partial charge in [0.1, 0.15) is 11.2 Å². The van der Waals surface area contributed by atoms with Crippen molar-refractivity contribution in [1.82, 2.24) is 0 Å². The van der Waals surface area contributed by atoms with E-state index in [1.54, 1.807) is 24.3 Å². The van der Waals surface area contributed by atoms with Crippen LogP contribution in [-0.4, -0.2) is 40.9 Å². The van der Waals surface area contributed by atoms with E-state index in [9.17, 15) is 24.5 Å². The Morgan fingerprint density at radius 3 is 2.62 bits per heavy atom. The lowest BCUT2D eigenvalue weighted by Gasteiger charge is -2.44. The van der Waals surface area contributed by atoms with Crippen LogP contribution in [0.25, 0.3) is 0 Å². The van der Waals surface area contributed by atoms with Gasteiger partial charge in [0.25, 0.3) is 17.5 Å². The van der Waals surface area contributed by atoms with Crippen molar-refractivity contribution in [2.24, 2.45) is 0 Å². The fourth-order valence-corrected chi connectivity index (χ4v) is 4.78. The smallest absolute Gasteiger partial charge is 0.338 e. The van der Waals surface area contributed by atoms with Gasteiger partial charge in [0, 0.05) is 12.1 Å². The number of amides is 2. The molecule has 0 saturated heterocycles. The largest absolute Gasteiger partial charge is 0.452 e. The number of ether oxygens (including phenoxy) is 1. The summed E-state index contributed by atoms with van der Waals surface area (Å²) in [6.45, 7) is -0.585. The van der Waals surface area contributed by atoms with Crippen molar-refractivity contribution in [3.63, 3.8) is 0 Å². The van der Waals surface area contributed by atoms with Gasteiger partial charge in [-0.15, -0.1) is 0 Å². The third-order valence-corrected chi connectivity index (χ3v) is 6.62. The van der Waals surface area contributed by atoms with Crippen molar-refractivity contribution < 1.29 is 24.0 Å². The molecule has 1 heterocycles. The van der Waals surface area contributed by atoms with Gasteiger partial charge in [-0.2, -0.15) is 0 Å². The lowest BCUT2D eigenvalue weighted by Crippen LogP contribution is -2.61. The second-order valence-electron chi connectivity index (χ2n) is 8.92. The molecule has 0 atom stereocenters. The van der Waals surface area contributed by atoms with Gasteiger partial charge in [-0.25, -0.2) is 4.79 Å². The van der Waals surface area contributed by atoms with Gasteiger partial charge in [0.05, 0.1) is 21.9 Å². The van der Waals surface area contributed by atoms with Gasteiger partial charge in [-0.1, -0.05) is 25.0 Å². The van der Waals surface area contributed by atoms with E-state index in [-0.39, 0.29) is 23.2 Å². The molecule has 0 unspecified atom stereocenters. The number of esters is 1. The first-order valence-corrected chi connectivity index (χ1v) is 11.3. The van der Waals surface area contributed by atoms with E-state index >= 15 is 0 Å². The third kappa shape index (κ3) is 3.85. The predicted octanol–water partition coefficient (Wildman–Crippen LogP) is 3.62. The van der Waals surface area contributed by atoms with Gasteiger partial charge in [-0.05, 0) is 49.9 Å². The number of anilines is 3. The SMILES string of the molecule is O=C(OCC(=O)N1c2ccccc2NC(=O)C12CCCC2)c1ccc(NC2CC2)c([N+](=O)[O-])c1. The van der Waals surface area contributed by atoms with Crippen molar-refractivity contribution in [3.05, 3.63) is 58.1 Å². The standard InChI is InChI=1S/C24H24N4O6/c29-21(27-19-6-2-1-5-17(19)26-23(31)24(27)11-3-4-12-24)14-34-22(30)15-7-10-18(25-16-8-9-16)20(13-15)28(32)33/h1-2,5-7,10,13,16,25H,3-4,8-9,11-12,14H2,(H,26,31). The van der Waals surface area contributed by atoms with Gasteiger partial charge < -0.3 is 15.4 Å². The Kier molecular flexibility index (Phi) is 5.43. The summed E-state index contributed by atoms with van der Waals surface area (Å²) in [6, 6.07) is 11.3. The Morgan fingerprint density at radius 1 is 1.18 bits per heavy atom. The first-order valence-electron chi connectivity index (χ1n) is 11.3. The molecule has 2 fully saturated rings. The van der Waals surface area contributed by atoms with Gasteiger partial charge in [-0.3, -0.25) is 24.6 Å². The van der Waals surface area contributed by atoms with Crippen LogP contribution in [-0.2, 0) is 14.3 Å². The summed E-state index contributed by atoms with van der Waals surface area (Å²) >= 11 is 0. The second-order valence-corrected chi connectivity index (χ2v) is 8.92. The zero-order valence-corrected chi connectivity index (χ0v) is 18.4. The van der Waals surface area contributed by atoms with Crippen molar-refractivity contribution >= 4 is 40.5 Å². The molecule has 1 spiro atoms. The van der Waals surface area contributed by atoms with Crippen molar-refractivity contribution in [2.75, 3.05) is 22.1 Å². The maximum absolute atomic E-state index is 13.3. The molecule has 0 aromatic heterocycles. The number of nitrogens with one attached hydrogen (secondary N) is 2. The topological polar surface area (TPSA) is 131 Å². The molecule has 0 radical (unpaired) electrons. The summed E-state index contributed by atoms with van der Waals surface area (Å²) in [5.41, 5.74) is 0.189. The van der Waals surface area contributed by atoms with E-state index in [0.29, 0.717) is 29.9 Å². The number of nitro benzene ring substituents is 1. The van der Waals surface area contributed by atoms with Crippen LogP contribution >= 0.6 is 0 Å². The Morgan fingerprint density at radius 2 is 1.91 bits per heavy atom. The highest BCUT2D eigenvalue weighted by Gasteiger charge is 2.52. The Balaban J connectivity index is 1.35. The van der Waals surface area contributed by atoms with Crippen LogP contribution in [0.15, 0.2) is 42.5 Å². The quantitative estimate of drug-likeness (QED) is 0.379. The lowest BCUT2D eigenvalue weighted by atomic mass is 9.90. The first-order chi connectivity index (χ1) is 16.4. The van der Waals surface area contributed by atoms with Gasteiger partial charge >= 0.3 is 5.97 Å².